The predicted molar refractivity (Wildman–Crippen MR) is 112 cm³/mol. The number of aliphatic hydroxyl groups is 1. The van der Waals surface area contributed by atoms with Crippen LogP contribution in [-0.2, 0) is 12.1 Å². The Bertz CT molecular complexity index is 1310. The van der Waals surface area contributed by atoms with E-state index in [2.05, 4.69) is 9.97 Å². The van der Waals surface area contributed by atoms with Gasteiger partial charge < -0.3 is 14.6 Å². The van der Waals surface area contributed by atoms with Crippen LogP contribution in [0.25, 0.3) is 11.3 Å². The molecule has 0 bridgehead atoms. The molecule has 4 rings (SSSR count). The van der Waals surface area contributed by atoms with Crippen molar-refractivity contribution in [2.24, 2.45) is 0 Å². The number of nitrogens with zero attached hydrogens (tertiary/aromatic N) is 5. The van der Waals surface area contributed by atoms with E-state index in [0.29, 0.717) is 12.6 Å². The van der Waals surface area contributed by atoms with Gasteiger partial charge in [0, 0.05) is 23.9 Å². The molecule has 1 amide bonds. The fraction of sp³-hybridized carbons (Fsp3) is 0.304. The van der Waals surface area contributed by atoms with Gasteiger partial charge in [0.15, 0.2) is 5.82 Å². The molecule has 11 heteroatoms. The molecule has 0 radical (unpaired) electrons. The predicted octanol–water partition coefficient (Wildman–Crippen LogP) is 3.94. The average molecular weight is 473 g/mol. The van der Waals surface area contributed by atoms with Gasteiger partial charge in [-0.05, 0) is 44.2 Å². The summed E-state index contributed by atoms with van der Waals surface area (Å²) in [5, 5.41) is 19.0. The second kappa shape index (κ2) is 8.22. The number of aromatic nitrogens is 3. The van der Waals surface area contributed by atoms with Crippen molar-refractivity contribution >= 4 is 5.91 Å². The molecule has 34 heavy (non-hydrogen) atoms. The monoisotopic (exact) mass is 473 g/mol. The van der Waals surface area contributed by atoms with E-state index >= 15 is 0 Å². The molecule has 1 aromatic carbocycles. The highest BCUT2D eigenvalue weighted by atomic mass is 19.4. The first kappa shape index (κ1) is 23.4. The van der Waals surface area contributed by atoms with Gasteiger partial charge in [-0.15, -0.1) is 0 Å². The zero-order chi connectivity index (χ0) is 24.8. The van der Waals surface area contributed by atoms with E-state index < -0.39 is 35.4 Å². The molecule has 3 aromatic rings. The summed E-state index contributed by atoms with van der Waals surface area (Å²) >= 11 is 0. The number of hydrogen-bond acceptors (Lipinski definition) is 5. The van der Waals surface area contributed by atoms with E-state index in [1.165, 1.54) is 46.1 Å². The molecule has 0 saturated heterocycles. The van der Waals surface area contributed by atoms with Gasteiger partial charge in [0.2, 0.25) is 5.60 Å². The van der Waals surface area contributed by atoms with Crippen molar-refractivity contribution in [1.29, 1.82) is 5.26 Å². The molecule has 1 aliphatic heterocycles. The Morgan fingerprint density at radius 2 is 1.97 bits per heavy atom. The van der Waals surface area contributed by atoms with E-state index in [-0.39, 0.29) is 35.5 Å². The minimum Gasteiger partial charge on any atom is -0.374 e. The van der Waals surface area contributed by atoms with Crippen LogP contribution in [0.15, 0.2) is 42.7 Å². The maximum atomic E-state index is 14.4. The quantitative estimate of drug-likeness (QED) is 0.582. The van der Waals surface area contributed by atoms with E-state index in [9.17, 15) is 27.5 Å². The summed E-state index contributed by atoms with van der Waals surface area (Å²) in [5.41, 5.74) is -2.10. The summed E-state index contributed by atoms with van der Waals surface area (Å²) < 4.78 is 55.8. The van der Waals surface area contributed by atoms with Crippen molar-refractivity contribution in [2.45, 2.75) is 38.2 Å². The highest BCUT2D eigenvalue weighted by molar-refractivity contribution is 5.95. The summed E-state index contributed by atoms with van der Waals surface area (Å²) in [5.74, 6) is -1.60. The van der Waals surface area contributed by atoms with E-state index in [0.717, 1.165) is 6.07 Å². The van der Waals surface area contributed by atoms with Crippen LogP contribution in [0.2, 0.25) is 0 Å². The van der Waals surface area contributed by atoms with Crippen molar-refractivity contribution in [2.75, 3.05) is 6.54 Å². The van der Waals surface area contributed by atoms with Crippen LogP contribution in [0, 0.1) is 17.1 Å². The Labute approximate surface area is 191 Å². The lowest BCUT2D eigenvalue weighted by Gasteiger charge is -2.36. The van der Waals surface area contributed by atoms with Crippen molar-refractivity contribution in [3.63, 3.8) is 0 Å². The van der Waals surface area contributed by atoms with Gasteiger partial charge >= 0.3 is 6.18 Å². The van der Waals surface area contributed by atoms with Gasteiger partial charge in [-0.1, -0.05) is 0 Å². The molecule has 2 aromatic heterocycles. The van der Waals surface area contributed by atoms with Crippen LogP contribution < -0.4 is 0 Å². The normalized spacial score (nSPS) is 17.6. The first-order valence-corrected chi connectivity index (χ1v) is 10.2. The second-order valence-corrected chi connectivity index (χ2v) is 8.28. The molecule has 2 atom stereocenters. The highest BCUT2D eigenvalue weighted by Crippen LogP contribution is 2.40. The van der Waals surface area contributed by atoms with Gasteiger partial charge in [-0.25, -0.2) is 9.37 Å². The number of amides is 1. The van der Waals surface area contributed by atoms with Gasteiger partial charge in [0.05, 0.1) is 41.8 Å². The Morgan fingerprint density at radius 1 is 1.24 bits per heavy atom. The van der Waals surface area contributed by atoms with Crippen molar-refractivity contribution in [3.05, 3.63) is 71.2 Å². The summed E-state index contributed by atoms with van der Waals surface area (Å²) in [6.45, 7) is 2.33. The highest BCUT2D eigenvalue weighted by Gasteiger charge is 2.55. The van der Waals surface area contributed by atoms with Crippen molar-refractivity contribution < 1.29 is 27.5 Å². The number of alkyl halides is 3. The number of carbonyl (C=O) groups is 1. The molecule has 0 fully saturated rings. The van der Waals surface area contributed by atoms with E-state index in [1.807, 2.05) is 6.07 Å². The summed E-state index contributed by atoms with van der Waals surface area (Å²) in [6.07, 6.45) is -2.35. The zero-order valence-corrected chi connectivity index (χ0v) is 18.1. The topological polar surface area (TPSA) is 95.0 Å². The fourth-order valence-corrected chi connectivity index (χ4v) is 3.99. The summed E-state index contributed by atoms with van der Waals surface area (Å²) in [7, 11) is 0. The van der Waals surface area contributed by atoms with Gasteiger partial charge in [0.25, 0.3) is 5.91 Å². The Hall–Kier alpha value is -3.78. The minimum atomic E-state index is -4.92. The van der Waals surface area contributed by atoms with Crippen LogP contribution in [0.5, 0.6) is 0 Å². The Kier molecular flexibility index (Phi) is 5.65. The van der Waals surface area contributed by atoms with Crippen LogP contribution in [0.3, 0.4) is 0 Å². The summed E-state index contributed by atoms with van der Waals surface area (Å²) in [6, 6.07) is 8.06. The number of fused-ring (bicyclic) bond motifs is 1. The largest absolute Gasteiger partial charge is 0.424 e. The lowest BCUT2D eigenvalue weighted by Crippen LogP contribution is -2.45. The number of benzene rings is 1. The number of nitriles is 1. The summed E-state index contributed by atoms with van der Waals surface area (Å²) in [4.78, 5) is 22.6. The average Bonchev–Trinajstić information content (AvgIpc) is 3.23. The van der Waals surface area contributed by atoms with Crippen LogP contribution >= 0.6 is 0 Å². The van der Waals surface area contributed by atoms with E-state index in [4.69, 9.17) is 5.26 Å². The molecule has 0 aliphatic carbocycles. The molecule has 1 unspecified atom stereocenters. The Balaban J connectivity index is 1.62. The third-order valence-corrected chi connectivity index (χ3v) is 5.81. The van der Waals surface area contributed by atoms with E-state index in [1.54, 1.807) is 6.92 Å². The molecular formula is C23H19F4N5O2. The number of imidazole rings is 1. The standard InChI is InChI=1S/C23H19F4N5O2/c1-13-11-31(12-16-10-30-21(32(13)16)22(2,34)23(25,26)27)20(33)15-5-6-29-19(8-15)17-4-3-14(9-28)7-18(17)24/h3-8,10,13,34H,11-12H2,1-2H3/t13-,22?/m0/s1. The third kappa shape index (κ3) is 3.90. The Morgan fingerprint density at radius 3 is 2.62 bits per heavy atom. The molecular weight excluding hydrogens is 454 g/mol. The molecule has 1 N–H and O–H groups in total. The van der Waals surface area contributed by atoms with Gasteiger partial charge in [-0.2, -0.15) is 18.4 Å². The minimum absolute atomic E-state index is 0.0208. The molecule has 1 aliphatic rings. The molecule has 7 nitrogen and oxygen atoms in total. The number of pyridine rings is 1. The molecule has 0 saturated carbocycles. The number of hydrogen-bond donors (Lipinski definition) is 1. The number of rotatable bonds is 3. The first-order valence-electron chi connectivity index (χ1n) is 10.2. The molecule has 176 valence electrons. The maximum Gasteiger partial charge on any atom is 0.424 e. The lowest BCUT2D eigenvalue weighted by molar-refractivity contribution is -0.263. The third-order valence-electron chi connectivity index (χ3n) is 5.81. The number of carbonyl (C=O) groups excluding carboxylic acids is 1. The smallest absolute Gasteiger partial charge is 0.374 e. The molecule has 3 heterocycles. The lowest BCUT2D eigenvalue weighted by atomic mass is 10.0. The van der Waals surface area contributed by atoms with Crippen LogP contribution in [0.4, 0.5) is 17.6 Å². The van der Waals surface area contributed by atoms with Crippen LogP contribution in [0.1, 0.15) is 47.3 Å². The maximum absolute atomic E-state index is 14.4. The van der Waals surface area contributed by atoms with Crippen molar-refractivity contribution in [1.82, 2.24) is 19.4 Å². The molecule has 0 spiro atoms. The fourth-order valence-electron chi connectivity index (χ4n) is 3.99. The van der Waals surface area contributed by atoms with Crippen molar-refractivity contribution in [3.8, 4) is 17.3 Å². The van der Waals surface area contributed by atoms with Gasteiger partial charge in [0.1, 0.15) is 5.82 Å². The zero-order valence-electron chi connectivity index (χ0n) is 18.1. The van der Waals surface area contributed by atoms with Crippen LogP contribution in [-0.4, -0.2) is 43.2 Å². The SMILES string of the molecule is C[C@H]1CN(C(=O)c2ccnc(-c3ccc(C#N)cc3F)c2)Cc2cnc(C(C)(O)C(F)(F)F)n21. The second-order valence-electron chi connectivity index (χ2n) is 8.28. The van der Waals surface area contributed by atoms with Gasteiger partial charge in [-0.3, -0.25) is 9.78 Å². The number of halogens is 4. The first-order chi connectivity index (χ1) is 15.9.